The molecule has 0 aliphatic rings. The van der Waals surface area contributed by atoms with Gasteiger partial charge in [0, 0.05) is 12.1 Å². The second kappa shape index (κ2) is 4.34. The van der Waals surface area contributed by atoms with Crippen LogP contribution in [0.25, 0.3) is 0 Å². The van der Waals surface area contributed by atoms with Gasteiger partial charge in [-0.3, -0.25) is 4.84 Å². The lowest BCUT2D eigenvalue weighted by Gasteiger charge is -2.17. The molecule has 0 radical (unpaired) electrons. The van der Waals surface area contributed by atoms with Gasteiger partial charge in [0.15, 0.2) is 0 Å². The summed E-state index contributed by atoms with van der Waals surface area (Å²) in [6.07, 6.45) is -0.989. The van der Waals surface area contributed by atoms with Gasteiger partial charge in [0.2, 0.25) is 11.8 Å². The first-order valence-corrected chi connectivity index (χ1v) is 4.74. The molecule has 0 spiro atoms. The average Bonchev–Trinajstić information content (AvgIpc) is 2.45. The van der Waals surface area contributed by atoms with Crippen LogP contribution in [0.4, 0.5) is 4.79 Å². The fraction of sp³-hybridized carbons (Fsp3) is 0.500. The first-order chi connectivity index (χ1) is 7.29. The number of carbonyl (C=O) groups is 1. The lowest BCUT2D eigenvalue weighted by Crippen LogP contribution is -2.24. The van der Waals surface area contributed by atoms with E-state index >= 15 is 0 Å². The maximum absolute atomic E-state index is 11.2. The lowest BCUT2D eigenvalue weighted by molar-refractivity contribution is 0.0182. The molecule has 0 unspecified atom stereocenters. The highest BCUT2D eigenvalue weighted by molar-refractivity contribution is 5.60. The summed E-state index contributed by atoms with van der Waals surface area (Å²) < 4.78 is 5.36. The van der Waals surface area contributed by atoms with E-state index in [1.807, 2.05) is 20.8 Å². The Balaban J connectivity index is 2.53. The van der Waals surface area contributed by atoms with Crippen molar-refractivity contribution in [2.75, 3.05) is 6.61 Å². The first-order valence-electron chi connectivity index (χ1n) is 4.74. The van der Waals surface area contributed by atoms with Crippen LogP contribution in [-0.4, -0.2) is 27.7 Å². The van der Waals surface area contributed by atoms with E-state index in [1.165, 1.54) is 12.1 Å². The fourth-order valence-corrected chi connectivity index (χ4v) is 0.872. The van der Waals surface area contributed by atoms with Gasteiger partial charge in [0.05, 0.1) is 6.61 Å². The van der Waals surface area contributed by atoms with E-state index in [9.17, 15) is 15.0 Å². The number of aromatic nitrogens is 1. The zero-order valence-corrected chi connectivity index (χ0v) is 9.43. The minimum Gasteiger partial charge on any atom is -0.492 e. The van der Waals surface area contributed by atoms with Gasteiger partial charge >= 0.3 is 6.16 Å². The molecule has 0 aliphatic carbocycles. The molecule has 0 fully saturated rings. The van der Waals surface area contributed by atoms with Crippen molar-refractivity contribution in [2.45, 2.75) is 20.8 Å². The predicted octanol–water partition coefficient (Wildman–Crippen LogP) is 1.51. The summed E-state index contributed by atoms with van der Waals surface area (Å²) in [5.74, 6) is -0.768. The fourth-order valence-electron chi connectivity index (χ4n) is 0.872. The van der Waals surface area contributed by atoms with Gasteiger partial charge in [-0.2, -0.15) is 0 Å². The van der Waals surface area contributed by atoms with E-state index in [4.69, 9.17) is 4.74 Å². The molecular formula is C10H15NO5. The van der Waals surface area contributed by atoms with Crippen molar-refractivity contribution in [1.29, 1.82) is 0 Å². The molecule has 0 aliphatic heterocycles. The van der Waals surface area contributed by atoms with Crippen molar-refractivity contribution in [1.82, 2.24) is 4.73 Å². The third kappa shape index (κ3) is 3.38. The minimum atomic E-state index is -0.989. The first kappa shape index (κ1) is 12.2. The summed E-state index contributed by atoms with van der Waals surface area (Å²) in [6, 6.07) is 2.37. The molecule has 16 heavy (non-hydrogen) atoms. The highest BCUT2D eigenvalue weighted by Gasteiger charge is 2.17. The van der Waals surface area contributed by atoms with Crippen LogP contribution >= 0.6 is 0 Å². The Morgan fingerprint density at radius 1 is 1.31 bits per heavy atom. The van der Waals surface area contributed by atoms with Crippen LogP contribution in [0.1, 0.15) is 20.8 Å². The van der Waals surface area contributed by atoms with E-state index in [0.29, 0.717) is 4.73 Å². The third-order valence-corrected chi connectivity index (χ3v) is 1.59. The molecule has 0 aromatic carbocycles. The van der Waals surface area contributed by atoms with Gasteiger partial charge in [0.1, 0.15) is 0 Å². The van der Waals surface area contributed by atoms with Crippen LogP contribution in [0.5, 0.6) is 11.8 Å². The van der Waals surface area contributed by atoms with Crippen LogP contribution in [0, 0.1) is 5.41 Å². The van der Waals surface area contributed by atoms with Gasteiger partial charge < -0.3 is 14.9 Å². The van der Waals surface area contributed by atoms with Crippen LogP contribution in [0.15, 0.2) is 12.1 Å². The summed E-state index contributed by atoms with van der Waals surface area (Å²) in [5.41, 5.74) is -0.181. The number of rotatable bonds is 2. The van der Waals surface area contributed by atoms with E-state index in [0.717, 1.165) is 0 Å². The Labute approximate surface area is 93.0 Å². The summed E-state index contributed by atoms with van der Waals surface area (Å²) in [7, 11) is 0. The van der Waals surface area contributed by atoms with Crippen LogP contribution in [0.3, 0.4) is 0 Å². The molecule has 0 amide bonds. The van der Waals surface area contributed by atoms with Crippen LogP contribution in [-0.2, 0) is 4.74 Å². The number of nitrogens with zero attached hydrogens (tertiary/aromatic N) is 1. The Kier molecular flexibility index (Phi) is 3.31. The number of ether oxygens (including phenoxy) is 1. The monoisotopic (exact) mass is 229 g/mol. The SMILES string of the molecule is CC(C)(C)COC(=O)On1c(O)ccc1O. The van der Waals surface area contributed by atoms with Crippen LogP contribution in [0.2, 0.25) is 0 Å². The topological polar surface area (TPSA) is 80.9 Å². The molecule has 2 N–H and O–H groups in total. The van der Waals surface area contributed by atoms with Gasteiger partial charge in [-0.25, -0.2) is 4.79 Å². The molecule has 6 nitrogen and oxygen atoms in total. The minimum absolute atomic E-state index is 0.175. The quantitative estimate of drug-likeness (QED) is 0.751. The lowest BCUT2D eigenvalue weighted by atomic mass is 9.99. The Morgan fingerprint density at radius 2 is 1.81 bits per heavy atom. The number of carbonyl (C=O) groups excluding carboxylic acids is 1. The molecule has 1 rings (SSSR count). The van der Waals surface area contributed by atoms with Gasteiger partial charge in [-0.1, -0.05) is 20.8 Å². The summed E-state index contributed by atoms with van der Waals surface area (Å²) in [4.78, 5) is 15.7. The zero-order chi connectivity index (χ0) is 12.3. The molecule has 0 saturated heterocycles. The number of aromatic hydroxyl groups is 2. The second-order valence-electron chi connectivity index (χ2n) is 4.53. The van der Waals surface area contributed by atoms with E-state index in [1.54, 1.807) is 0 Å². The highest BCUT2D eigenvalue weighted by Crippen LogP contribution is 2.19. The van der Waals surface area contributed by atoms with E-state index < -0.39 is 6.16 Å². The second-order valence-corrected chi connectivity index (χ2v) is 4.53. The molecule has 1 heterocycles. The Bertz CT molecular complexity index is 358. The van der Waals surface area contributed by atoms with Gasteiger partial charge in [-0.15, -0.1) is 4.73 Å². The molecule has 1 aromatic rings. The average molecular weight is 229 g/mol. The zero-order valence-electron chi connectivity index (χ0n) is 9.43. The largest absolute Gasteiger partial charge is 0.533 e. The van der Waals surface area contributed by atoms with Crippen LogP contribution < -0.4 is 4.84 Å². The molecule has 1 aromatic heterocycles. The maximum atomic E-state index is 11.2. The Morgan fingerprint density at radius 3 is 2.25 bits per heavy atom. The van der Waals surface area contributed by atoms with Gasteiger partial charge in [0.25, 0.3) is 0 Å². The molecule has 0 saturated carbocycles. The normalized spacial score (nSPS) is 11.2. The number of hydrogen-bond donors (Lipinski definition) is 2. The van der Waals surface area contributed by atoms with Crippen molar-refractivity contribution in [3.63, 3.8) is 0 Å². The number of hydrogen-bond acceptors (Lipinski definition) is 5. The van der Waals surface area contributed by atoms with Gasteiger partial charge in [-0.05, 0) is 5.41 Å². The van der Waals surface area contributed by atoms with E-state index in [2.05, 4.69) is 4.84 Å². The molecule has 0 bridgehead atoms. The van der Waals surface area contributed by atoms with Crippen molar-refractivity contribution in [3.8, 4) is 11.8 Å². The highest BCUT2D eigenvalue weighted by atomic mass is 16.8. The van der Waals surface area contributed by atoms with Crippen molar-refractivity contribution < 1.29 is 24.6 Å². The summed E-state index contributed by atoms with van der Waals surface area (Å²) in [5, 5.41) is 18.4. The van der Waals surface area contributed by atoms with Crippen molar-refractivity contribution in [3.05, 3.63) is 12.1 Å². The molecule has 90 valence electrons. The smallest absolute Gasteiger partial charge is 0.492 e. The Hall–Kier alpha value is -1.85. The molecule has 0 atom stereocenters. The maximum Gasteiger partial charge on any atom is 0.533 e. The summed E-state index contributed by atoms with van der Waals surface area (Å²) >= 11 is 0. The molecular weight excluding hydrogens is 214 g/mol. The van der Waals surface area contributed by atoms with Crippen molar-refractivity contribution >= 4 is 6.16 Å². The third-order valence-electron chi connectivity index (χ3n) is 1.59. The molecule has 6 heteroatoms. The standard InChI is InChI=1S/C10H15NO5/c1-10(2,3)6-15-9(14)16-11-7(12)4-5-8(11)13/h4-5,12-13H,6H2,1-3H3. The van der Waals surface area contributed by atoms with E-state index in [-0.39, 0.29) is 23.8 Å². The predicted molar refractivity (Wildman–Crippen MR) is 55.1 cm³/mol. The van der Waals surface area contributed by atoms with Crippen molar-refractivity contribution in [2.24, 2.45) is 5.41 Å². The summed E-state index contributed by atoms with van der Waals surface area (Å²) in [6.45, 7) is 5.86.